The molecule has 5 fully saturated rings. The molecule has 5 nitrogen and oxygen atoms in total. The van der Waals surface area contributed by atoms with Crippen molar-refractivity contribution < 1.29 is 19.2 Å². The van der Waals surface area contributed by atoms with Crippen LogP contribution in [-0.4, -0.2) is 23.9 Å². The summed E-state index contributed by atoms with van der Waals surface area (Å²) in [6, 6.07) is 8.47. The Morgan fingerprint density at radius 1 is 1.00 bits per heavy atom. The Kier molecular flexibility index (Phi) is 4.10. The molecule has 1 N–H and O–H groups in total. The van der Waals surface area contributed by atoms with E-state index in [9.17, 15) is 0 Å². The minimum absolute atomic E-state index is 0.103. The molecule has 0 aromatic heterocycles. The molecule has 5 heteroatoms. The SMILES string of the molecule is Cc1ccc(NC2O[C@@H]3O[C@@]4(C)CC[C@H]5[C@H](C)CC[C@@H]([C@H]2C)[C@@]35OO4)cc1. The van der Waals surface area contributed by atoms with Gasteiger partial charge >= 0.3 is 0 Å². The molecule has 1 saturated carbocycles. The van der Waals surface area contributed by atoms with E-state index in [0.29, 0.717) is 23.7 Å². The van der Waals surface area contributed by atoms with Crippen LogP contribution in [0, 0.1) is 30.6 Å². The lowest BCUT2D eigenvalue weighted by Crippen LogP contribution is -2.71. The summed E-state index contributed by atoms with van der Waals surface area (Å²) in [5.41, 5.74) is 1.85. The average molecular weight is 373 g/mol. The van der Waals surface area contributed by atoms with Gasteiger partial charge in [0.05, 0.1) is 0 Å². The van der Waals surface area contributed by atoms with Gasteiger partial charge in [-0.2, -0.15) is 0 Å². The number of ether oxygens (including phenoxy) is 2. The van der Waals surface area contributed by atoms with Gasteiger partial charge in [0.2, 0.25) is 5.79 Å². The maximum Gasteiger partial charge on any atom is 0.201 e. The maximum atomic E-state index is 6.55. The summed E-state index contributed by atoms with van der Waals surface area (Å²) < 4.78 is 13.0. The van der Waals surface area contributed by atoms with Crippen molar-refractivity contribution in [3.8, 4) is 0 Å². The summed E-state index contributed by atoms with van der Waals surface area (Å²) in [6.07, 6.45) is 3.77. The van der Waals surface area contributed by atoms with Crippen LogP contribution in [-0.2, 0) is 19.2 Å². The second kappa shape index (κ2) is 6.18. The first-order chi connectivity index (χ1) is 12.9. The Balaban J connectivity index is 1.48. The van der Waals surface area contributed by atoms with E-state index in [1.54, 1.807) is 0 Å². The minimum Gasteiger partial charge on any atom is -0.360 e. The van der Waals surface area contributed by atoms with E-state index in [-0.39, 0.29) is 6.23 Å². The van der Waals surface area contributed by atoms with E-state index in [0.717, 1.165) is 24.9 Å². The van der Waals surface area contributed by atoms with E-state index in [2.05, 4.69) is 50.4 Å². The number of rotatable bonds is 2. The van der Waals surface area contributed by atoms with Crippen LogP contribution in [0.25, 0.3) is 0 Å². The van der Waals surface area contributed by atoms with Gasteiger partial charge in [-0.25, -0.2) is 9.78 Å². The molecular weight excluding hydrogens is 342 g/mol. The van der Waals surface area contributed by atoms with Crippen LogP contribution < -0.4 is 5.32 Å². The van der Waals surface area contributed by atoms with Crippen LogP contribution in [0.1, 0.15) is 52.0 Å². The summed E-state index contributed by atoms with van der Waals surface area (Å²) in [5.74, 6) is 0.935. The van der Waals surface area contributed by atoms with E-state index >= 15 is 0 Å². The third-order valence-corrected chi connectivity index (χ3v) is 7.52. The number of hydrogen-bond acceptors (Lipinski definition) is 5. The maximum absolute atomic E-state index is 6.55. The molecule has 1 spiro atoms. The summed E-state index contributed by atoms with van der Waals surface area (Å²) >= 11 is 0. The first kappa shape index (κ1) is 17.9. The highest BCUT2D eigenvalue weighted by Gasteiger charge is 2.69. The Labute approximate surface area is 161 Å². The molecule has 0 amide bonds. The molecule has 4 heterocycles. The molecule has 1 aromatic carbocycles. The predicted octanol–water partition coefficient (Wildman–Crippen LogP) is 4.61. The monoisotopic (exact) mass is 373 g/mol. The third kappa shape index (κ3) is 2.66. The third-order valence-electron chi connectivity index (χ3n) is 7.52. The molecule has 1 aliphatic carbocycles. The fraction of sp³-hybridized carbons (Fsp3) is 0.727. The van der Waals surface area contributed by atoms with Crippen molar-refractivity contribution in [3.63, 3.8) is 0 Å². The normalized spacial score (nSPS) is 48.6. The van der Waals surface area contributed by atoms with Crippen LogP contribution >= 0.6 is 0 Å². The van der Waals surface area contributed by atoms with Crippen LogP contribution in [0.3, 0.4) is 0 Å². The fourth-order valence-electron chi connectivity index (χ4n) is 5.88. The van der Waals surface area contributed by atoms with E-state index < -0.39 is 17.7 Å². The van der Waals surface area contributed by atoms with Gasteiger partial charge in [-0.15, -0.1) is 0 Å². The van der Waals surface area contributed by atoms with E-state index in [1.807, 2.05) is 6.92 Å². The lowest BCUT2D eigenvalue weighted by atomic mass is 9.58. The zero-order valence-corrected chi connectivity index (χ0v) is 16.7. The molecule has 6 rings (SSSR count). The molecule has 4 aliphatic heterocycles. The van der Waals surface area contributed by atoms with Crippen molar-refractivity contribution in [2.75, 3.05) is 5.32 Å². The van der Waals surface area contributed by atoms with Gasteiger partial charge in [0.25, 0.3) is 0 Å². The van der Waals surface area contributed by atoms with Crippen molar-refractivity contribution in [1.82, 2.24) is 0 Å². The lowest BCUT2D eigenvalue weighted by molar-refractivity contribution is -0.570. The van der Waals surface area contributed by atoms with Gasteiger partial charge in [-0.3, -0.25) is 0 Å². The summed E-state index contributed by atoms with van der Waals surface area (Å²) in [7, 11) is 0. The Hall–Kier alpha value is -1.14. The molecule has 8 atom stereocenters. The summed E-state index contributed by atoms with van der Waals surface area (Å²) in [5, 5.41) is 3.60. The molecule has 1 unspecified atom stereocenters. The number of fused-ring (bicyclic) bond motifs is 2. The van der Waals surface area contributed by atoms with Crippen molar-refractivity contribution in [2.45, 2.75) is 77.3 Å². The molecule has 27 heavy (non-hydrogen) atoms. The zero-order valence-electron chi connectivity index (χ0n) is 16.7. The Bertz CT molecular complexity index is 709. The lowest BCUT2D eigenvalue weighted by Gasteiger charge is -2.60. The van der Waals surface area contributed by atoms with E-state index in [1.165, 1.54) is 12.0 Å². The Morgan fingerprint density at radius 3 is 2.56 bits per heavy atom. The Morgan fingerprint density at radius 2 is 1.78 bits per heavy atom. The highest BCUT2D eigenvalue weighted by atomic mass is 17.3. The number of aryl methyl sites for hydroxylation is 1. The van der Waals surface area contributed by atoms with E-state index in [4.69, 9.17) is 19.2 Å². The van der Waals surface area contributed by atoms with Gasteiger partial charge in [0, 0.05) is 23.9 Å². The van der Waals surface area contributed by atoms with Gasteiger partial charge in [0.1, 0.15) is 6.23 Å². The standard InChI is InChI=1S/C22H31NO4/c1-13-5-8-16(9-6-13)23-19-15(3)18-10-7-14(2)17-11-12-21(4)25-20(24-19)22(17,18)27-26-21/h5-6,8-9,14-15,17-20,23H,7,10-12H2,1-4H3/t14-,15-,17+,18+,19?,20-,21-,22-/m1/s1. The molecule has 0 radical (unpaired) electrons. The quantitative estimate of drug-likeness (QED) is 0.767. The first-order valence-electron chi connectivity index (χ1n) is 10.4. The van der Waals surface area contributed by atoms with Crippen molar-refractivity contribution in [2.24, 2.45) is 23.7 Å². The highest BCUT2D eigenvalue weighted by molar-refractivity contribution is 5.45. The minimum atomic E-state index is -0.716. The number of hydrogen-bond donors (Lipinski definition) is 1. The molecule has 148 valence electrons. The van der Waals surface area contributed by atoms with Gasteiger partial charge in [-0.1, -0.05) is 31.5 Å². The summed E-state index contributed by atoms with van der Waals surface area (Å²) in [6.45, 7) is 8.69. The van der Waals surface area contributed by atoms with Crippen molar-refractivity contribution in [1.29, 1.82) is 0 Å². The topological polar surface area (TPSA) is 49.0 Å². The smallest absolute Gasteiger partial charge is 0.201 e. The zero-order chi connectivity index (χ0) is 18.8. The molecule has 1 aromatic rings. The van der Waals surface area contributed by atoms with Gasteiger partial charge in [-0.05, 0) is 57.1 Å². The second-order valence-electron chi connectivity index (χ2n) is 9.34. The highest BCUT2D eigenvalue weighted by Crippen LogP contribution is 2.60. The van der Waals surface area contributed by atoms with Gasteiger partial charge < -0.3 is 14.8 Å². The number of anilines is 1. The molecule has 5 aliphatic rings. The van der Waals surface area contributed by atoms with Crippen LogP contribution in [0.15, 0.2) is 24.3 Å². The fourth-order valence-corrected chi connectivity index (χ4v) is 5.88. The van der Waals surface area contributed by atoms with Crippen molar-refractivity contribution >= 4 is 5.69 Å². The first-order valence-corrected chi connectivity index (χ1v) is 10.4. The predicted molar refractivity (Wildman–Crippen MR) is 102 cm³/mol. The number of nitrogens with one attached hydrogen (secondary N) is 1. The van der Waals surface area contributed by atoms with Crippen LogP contribution in [0.4, 0.5) is 5.69 Å². The summed E-state index contributed by atoms with van der Waals surface area (Å²) in [4.78, 5) is 12.1. The average Bonchev–Trinajstić information content (AvgIpc) is 2.87. The van der Waals surface area contributed by atoms with Crippen molar-refractivity contribution in [3.05, 3.63) is 29.8 Å². The molecular formula is C22H31NO4. The largest absolute Gasteiger partial charge is 0.360 e. The number of benzene rings is 1. The van der Waals surface area contributed by atoms with Crippen LogP contribution in [0.5, 0.6) is 0 Å². The van der Waals surface area contributed by atoms with Gasteiger partial charge in [0.15, 0.2) is 11.9 Å². The molecule has 2 bridgehead atoms. The van der Waals surface area contributed by atoms with Crippen LogP contribution in [0.2, 0.25) is 0 Å². The second-order valence-corrected chi connectivity index (χ2v) is 9.34. The molecule has 4 saturated heterocycles.